The topological polar surface area (TPSA) is 48.2 Å². The monoisotopic (exact) mass is 352 g/mol. The van der Waals surface area contributed by atoms with Crippen molar-refractivity contribution in [2.45, 2.75) is 0 Å². The van der Waals surface area contributed by atoms with Gasteiger partial charge in [-0.1, -0.05) is 0 Å². The summed E-state index contributed by atoms with van der Waals surface area (Å²) in [5, 5.41) is 3.34. The van der Waals surface area contributed by atoms with Gasteiger partial charge in [-0.2, -0.15) is 0 Å². The maximum atomic E-state index is 13.7. The van der Waals surface area contributed by atoms with Gasteiger partial charge in [0, 0.05) is 45.0 Å². The minimum absolute atomic E-state index is 0.253. The Kier molecular flexibility index (Phi) is 3.74. The predicted molar refractivity (Wildman–Crippen MR) is 102 cm³/mol. The van der Waals surface area contributed by atoms with E-state index in [0.29, 0.717) is 5.52 Å². The minimum atomic E-state index is -0.253. The second-order valence-corrected chi connectivity index (χ2v) is 6.85. The van der Waals surface area contributed by atoms with Gasteiger partial charge < -0.3 is 14.6 Å². The molecule has 4 heterocycles. The summed E-state index contributed by atoms with van der Waals surface area (Å²) < 4.78 is 15.8. The summed E-state index contributed by atoms with van der Waals surface area (Å²) in [6, 6.07) is 8.89. The Balaban J connectivity index is 1.42. The highest BCUT2D eigenvalue weighted by Crippen LogP contribution is 2.26. The van der Waals surface area contributed by atoms with Crippen LogP contribution in [0.3, 0.4) is 0 Å². The summed E-state index contributed by atoms with van der Waals surface area (Å²) in [4.78, 5) is 14.0. The number of hydrogen-bond acceptors (Lipinski definition) is 5. The van der Waals surface area contributed by atoms with E-state index in [-0.39, 0.29) is 5.82 Å². The zero-order valence-electron chi connectivity index (χ0n) is 14.5. The fourth-order valence-electron chi connectivity index (χ4n) is 3.85. The first kappa shape index (κ1) is 15.6. The van der Waals surface area contributed by atoms with Crippen LogP contribution in [-0.4, -0.2) is 65.9 Å². The molecule has 0 spiro atoms. The molecule has 6 nitrogen and oxygen atoms in total. The zero-order chi connectivity index (χ0) is 17.5. The Labute approximate surface area is 150 Å². The number of nitrogens with one attached hydrogen (secondary N) is 1. The van der Waals surface area contributed by atoms with Crippen molar-refractivity contribution in [3.63, 3.8) is 0 Å². The van der Waals surface area contributed by atoms with Crippen LogP contribution in [0.4, 0.5) is 10.2 Å². The van der Waals surface area contributed by atoms with Crippen LogP contribution >= 0.6 is 0 Å². The lowest BCUT2D eigenvalue weighted by molar-refractivity contribution is 0.290. The van der Waals surface area contributed by atoms with Gasteiger partial charge in [-0.05, 0) is 24.3 Å². The van der Waals surface area contributed by atoms with Crippen molar-refractivity contribution in [2.24, 2.45) is 4.99 Å². The smallest absolute Gasteiger partial charge is 0.153 e. The van der Waals surface area contributed by atoms with Gasteiger partial charge in [-0.3, -0.25) is 9.89 Å². The first-order chi connectivity index (χ1) is 12.8. The molecule has 0 bridgehead atoms. The average Bonchev–Trinajstić information content (AvgIpc) is 3.33. The van der Waals surface area contributed by atoms with Crippen LogP contribution in [0.2, 0.25) is 0 Å². The van der Waals surface area contributed by atoms with E-state index in [1.807, 2.05) is 12.3 Å². The van der Waals surface area contributed by atoms with Crippen molar-refractivity contribution in [1.29, 1.82) is 0 Å². The zero-order valence-corrected chi connectivity index (χ0v) is 14.5. The number of amidine groups is 1. The number of nitrogens with zero attached hydrogens (tertiary/aromatic N) is 5. The van der Waals surface area contributed by atoms with Gasteiger partial charge in [-0.15, -0.1) is 0 Å². The molecule has 0 atom stereocenters. The van der Waals surface area contributed by atoms with Crippen molar-refractivity contribution < 1.29 is 4.39 Å². The fraction of sp³-hybridized carbons (Fsp3) is 0.368. The van der Waals surface area contributed by atoms with E-state index in [9.17, 15) is 4.39 Å². The number of hydrogen-bond donors (Lipinski definition) is 1. The highest BCUT2D eigenvalue weighted by Gasteiger charge is 2.22. The van der Waals surface area contributed by atoms with Gasteiger partial charge in [0.15, 0.2) is 5.82 Å². The molecule has 1 fully saturated rings. The van der Waals surface area contributed by atoms with Crippen LogP contribution in [0.25, 0.3) is 16.6 Å². The summed E-state index contributed by atoms with van der Waals surface area (Å²) in [6.45, 7) is 6.49. The third-order valence-corrected chi connectivity index (χ3v) is 5.19. The summed E-state index contributed by atoms with van der Waals surface area (Å²) in [7, 11) is 0. The van der Waals surface area contributed by atoms with E-state index in [2.05, 4.69) is 30.6 Å². The fourth-order valence-corrected chi connectivity index (χ4v) is 3.85. The van der Waals surface area contributed by atoms with Crippen LogP contribution in [0.1, 0.15) is 0 Å². The number of fused-ring (bicyclic) bond motifs is 3. The third kappa shape index (κ3) is 2.68. The molecule has 134 valence electrons. The predicted octanol–water partition coefficient (Wildman–Crippen LogP) is 1.75. The molecule has 0 aliphatic carbocycles. The quantitative estimate of drug-likeness (QED) is 0.780. The van der Waals surface area contributed by atoms with Gasteiger partial charge in [0.25, 0.3) is 0 Å². The molecule has 3 aromatic rings. The molecule has 2 aliphatic rings. The first-order valence-electron chi connectivity index (χ1n) is 9.09. The van der Waals surface area contributed by atoms with E-state index < -0.39 is 0 Å². The Morgan fingerprint density at radius 1 is 1.08 bits per heavy atom. The molecule has 0 unspecified atom stereocenters. The number of piperazine rings is 1. The highest BCUT2D eigenvalue weighted by atomic mass is 19.1. The molecule has 0 radical (unpaired) electrons. The second-order valence-electron chi connectivity index (χ2n) is 6.85. The number of anilines is 1. The van der Waals surface area contributed by atoms with Gasteiger partial charge in [0.2, 0.25) is 0 Å². The minimum Gasteiger partial charge on any atom is -0.371 e. The molecule has 1 saturated heterocycles. The molecule has 2 aliphatic heterocycles. The summed E-state index contributed by atoms with van der Waals surface area (Å²) in [6.07, 6.45) is 2.01. The van der Waals surface area contributed by atoms with Gasteiger partial charge in [0.05, 0.1) is 29.6 Å². The van der Waals surface area contributed by atoms with Crippen molar-refractivity contribution in [3.05, 3.63) is 42.3 Å². The lowest BCUT2D eigenvalue weighted by Crippen LogP contribution is -2.49. The summed E-state index contributed by atoms with van der Waals surface area (Å²) in [5.74, 6) is 1.79. The molecule has 26 heavy (non-hydrogen) atoms. The number of aromatic nitrogens is 2. The molecule has 7 heteroatoms. The van der Waals surface area contributed by atoms with Crippen LogP contribution in [-0.2, 0) is 0 Å². The van der Waals surface area contributed by atoms with Crippen LogP contribution in [0, 0.1) is 5.82 Å². The standard InChI is InChI=1S/C19H21FN6/c20-14-3-4-16-15(12-14)23-19(17-2-1-7-26(16)17)25-10-8-24(9-11-25)13-18-21-5-6-22-18/h1-4,7,12H,5-6,8-11,13H2,(H,21,22). The van der Waals surface area contributed by atoms with Gasteiger partial charge in [0.1, 0.15) is 11.7 Å². The first-order valence-corrected chi connectivity index (χ1v) is 9.09. The number of benzene rings is 1. The number of aliphatic imine (C=N–C) groups is 1. The average molecular weight is 352 g/mol. The van der Waals surface area contributed by atoms with Gasteiger partial charge in [-0.25, -0.2) is 9.37 Å². The molecule has 0 amide bonds. The number of halogens is 1. The van der Waals surface area contributed by atoms with E-state index >= 15 is 0 Å². The second kappa shape index (κ2) is 6.25. The van der Waals surface area contributed by atoms with E-state index in [1.165, 1.54) is 12.1 Å². The van der Waals surface area contributed by atoms with E-state index in [0.717, 1.165) is 68.5 Å². The molecule has 1 aromatic carbocycles. The Morgan fingerprint density at radius 3 is 2.77 bits per heavy atom. The van der Waals surface area contributed by atoms with E-state index in [1.54, 1.807) is 6.07 Å². The lowest BCUT2D eigenvalue weighted by Gasteiger charge is -2.35. The molecular weight excluding hydrogens is 331 g/mol. The molecule has 5 rings (SSSR count). The lowest BCUT2D eigenvalue weighted by atomic mass is 10.2. The summed E-state index contributed by atoms with van der Waals surface area (Å²) >= 11 is 0. The Morgan fingerprint density at radius 2 is 1.96 bits per heavy atom. The van der Waals surface area contributed by atoms with Crippen molar-refractivity contribution in [3.8, 4) is 0 Å². The molecule has 2 aromatic heterocycles. The maximum absolute atomic E-state index is 13.7. The van der Waals surface area contributed by atoms with Crippen LogP contribution in [0.15, 0.2) is 41.5 Å². The molecule has 0 saturated carbocycles. The normalized spacial score (nSPS) is 18.5. The Hall–Kier alpha value is -2.67. The highest BCUT2D eigenvalue weighted by molar-refractivity contribution is 5.86. The van der Waals surface area contributed by atoms with E-state index in [4.69, 9.17) is 4.98 Å². The molecular formula is C19H21FN6. The summed E-state index contributed by atoms with van der Waals surface area (Å²) in [5.41, 5.74) is 2.69. The van der Waals surface area contributed by atoms with Crippen molar-refractivity contribution >= 4 is 28.2 Å². The Bertz CT molecular complexity index is 986. The van der Waals surface area contributed by atoms with Crippen molar-refractivity contribution in [1.82, 2.24) is 19.6 Å². The van der Waals surface area contributed by atoms with Gasteiger partial charge >= 0.3 is 0 Å². The van der Waals surface area contributed by atoms with Crippen LogP contribution < -0.4 is 10.2 Å². The third-order valence-electron chi connectivity index (χ3n) is 5.19. The SMILES string of the molecule is Fc1ccc2c(c1)nc(N1CCN(CC3=NCCN3)CC1)c1cccn12. The maximum Gasteiger partial charge on any atom is 0.153 e. The van der Waals surface area contributed by atoms with Crippen LogP contribution in [0.5, 0.6) is 0 Å². The van der Waals surface area contributed by atoms with Crippen molar-refractivity contribution in [2.75, 3.05) is 50.7 Å². The molecule has 1 N–H and O–H groups in total. The largest absolute Gasteiger partial charge is 0.371 e. The number of rotatable bonds is 3.